The van der Waals surface area contributed by atoms with Crippen LogP contribution in [0.15, 0.2) is 12.7 Å². The van der Waals surface area contributed by atoms with Gasteiger partial charge in [0, 0.05) is 5.54 Å². The van der Waals surface area contributed by atoms with Gasteiger partial charge in [0.15, 0.2) is 0 Å². The highest BCUT2D eigenvalue weighted by atomic mass is 14.7. The van der Waals surface area contributed by atoms with Crippen LogP contribution in [0.4, 0.5) is 0 Å². The molecule has 2 N–H and O–H groups in total. The van der Waals surface area contributed by atoms with E-state index in [0.717, 1.165) is 12.8 Å². The number of hydrogen-bond donors (Lipinski definition) is 1. The Morgan fingerprint density at radius 1 is 0.350 bits per heavy atom. The normalized spacial score (nSPS) is 11.9. The van der Waals surface area contributed by atoms with Crippen molar-refractivity contribution in [2.75, 3.05) is 0 Å². The number of nitrogens with two attached hydrogens (primary N) is 1. The maximum atomic E-state index is 6.70. The quantitative estimate of drug-likeness (QED) is 0.0604. The van der Waals surface area contributed by atoms with Gasteiger partial charge in [0.05, 0.1) is 0 Å². The van der Waals surface area contributed by atoms with E-state index in [-0.39, 0.29) is 5.54 Å². The van der Waals surface area contributed by atoms with Gasteiger partial charge in [-0.05, 0) is 12.8 Å². The van der Waals surface area contributed by atoms with Gasteiger partial charge in [-0.3, -0.25) is 0 Å². The van der Waals surface area contributed by atoms with Crippen molar-refractivity contribution in [2.45, 2.75) is 238 Å². The fourth-order valence-electron chi connectivity index (χ4n) is 6.33. The first-order valence-electron chi connectivity index (χ1n) is 19.1. The number of hydrogen-bond acceptors (Lipinski definition) is 1. The highest BCUT2D eigenvalue weighted by Gasteiger charge is 2.19. The van der Waals surface area contributed by atoms with E-state index in [2.05, 4.69) is 26.5 Å². The summed E-state index contributed by atoms with van der Waals surface area (Å²) in [6, 6.07) is 0. The lowest BCUT2D eigenvalue weighted by Crippen LogP contribution is -2.37. The number of unbranched alkanes of at least 4 members (excludes halogenated alkanes) is 30. The molecule has 0 aromatic carbocycles. The second-order valence-corrected chi connectivity index (χ2v) is 13.5. The third-order valence-corrected chi connectivity index (χ3v) is 9.40. The van der Waals surface area contributed by atoms with Gasteiger partial charge in [0.25, 0.3) is 0 Å². The van der Waals surface area contributed by atoms with Gasteiger partial charge in [-0.1, -0.05) is 225 Å². The Bertz CT molecular complexity index is 433. The third kappa shape index (κ3) is 30.7. The molecule has 0 radical (unpaired) electrons. The fourth-order valence-corrected chi connectivity index (χ4v) is 6.33. The lowest BCUT2D eigenvalue weighted by molar-refractivity contribution is 0.402. The summed E-state index contributed by atoms with van der Waals surface area (Å²) in [7, 11) is 0. The van der Waals surface area contributed by atoms with Gasteiger partial charge < -0.3 is 5.73 Å². The molecule has 240 valence electrons. The molecule has 0 saturated carbocycles. The topological polar surface area (TPSA) is 26.0 Å². The van der Waals surface area contributed by atoms with Crippen LogP contribution in [0, 0.1) is 0 Å². The molecule has 0 fully saturated rings. The van der Waals surface area contributed by atoms with E-state index in [4.69, 9.17) is 5.73 Å². The Hall–Kier alpha value is -0.300. The van der Waals surface area contributed by atoms with Gasteiger partial charge in [0.1, 0.15) is 0 Å². The Kier molecular flexibility index (Phi) is 33.0. The molecule has 0 spiro atoms. The zero-order valence-corrected chi connectivity index (χ0v) is 28.4. The Morgan fingerprint density at radius 2 is 0.525 bits per heavy atom. The second kappa shape index (κ2) is 33.2. The van der Waals surface area contributed by atoms with Crippen LogP contribution < -0.4 is 5.73 Å². The zero-order chi connectivity index (χ0) is 29.2. The van der Waals surface area contributed by atoms with Crippen LogP contribution >= 0.6 is 0 Å². The van der Waals surface area contributed by atoms with Crippen LogP contribution in [-0.2, 0) is 0 Å². The monoisotopic (exact) mass is 562 g/mol. The molecule has 0 aliphatic carbocycles. The maximum absolute atomic E-state index is 6.70. The van der Waals surface area contributed by atoms with Crippen molar-refractivity contribution in [3.8, 4) is 0 Å². The van der Waals surface area contributed by atoms with Crippen molar-refractivity contribution in [1.29, 1.82) is 0 Å². The van der Waals surface area contributed by atoms with E-state index in [1.165, 1.54) is 205 Å². The molecule has 1 nitrogen and oxygen atoms in total. The Labute approximate surface area is 255 Å². The molecule has 0 bridgehead atoms. The van der Waals surface area contributed by atoms with Gasteiger partial charge in [-0.25, -0.2) is 0 Å². The van der Waals surface area contributed by atoms with E-state index < -0.39 is 0 Å². The van der Waals surface area contributed by atoms with E-state index in [1.54, 1.807) is 0 Å². The van der Waals surface area contributed by atoms with Crippen LogP contribution in [0.25, 0.3) is 0 Å². The van der Waals surface area contributed by atoms with Crippen molar-refractivity contribution in [3.05, 3.63) is 12.7 Å². The average molecular weight is 562 g/mol. The van der Waals surface area contributed by atoms with Gasteiger partial charge in [-0.15, -0.1) is 6.58 Å². The molecule has 0 atom stereocenters. The molecule has 0 unspecified atom stereocenters. The SMILES string of the molecule is C=CC(N)(CCCCCCCCCCCCCCCCCC)CCCCCCCCCCCCCCCCCC. The predicted molar refractivity (Wildman–Crippen MR) is 185 cm³/mol. The molecule has 0 aromatic rings. The molecule has 0 aliphatic rings. The minimum atomic E-state index is -0.119. The summed E-state index contributed by atoms with van der Waals surface area (Å²) in [4.78, 5) is 0. The van der Waals surface area contributed by atoms with Crippen molar-refractivity contribution in [1.82, 2.24) is 0 Å². The van der Waals surface area contributed by atoms with Crippen LogP contribution in [0.3, 0.4) is 0 Å². The van der Waals surface area contributed by atoms with Gasteiger partial charge in [0.2, 0.25) is 0 Å². The van der Waals surface area contributed by atoms with Gasteiger partial charge >= 0.3 is 0 Å². The first-order valence-corrected chi connectivity index (χ1v) is 19.1. The summed E-state index contributed by atoms with van der Waals surface area (Å²) in [5, 5.41) is 0. The molecule has 0 aromatic heterocycles. The van der Waals surface area contributed by atoms with E-state index in [1.807, 2.05) is 0 Å². The van der Waals surface area contributed by atoms with E-state index in [0.29, 0.717) is 0 Å². The summed E-state index contributed by atoms with van der Waals surface area (Å²) in [5.74, 6) is 0. The minimum absolute atomic E-state index is 0.119. The summed E-state index contributed by atoms with van der Waals surface area (Å²) >= 11 is 0. The first kappa shape index (κ1) is 39.7. The number of rotatable bonds is 35. The molecule has 0 heterocycles. The molecule has 0 saturated heterocycles. The third-order valence-electron chi connectivity index (χ3n) is 9.40. The lowest BCUT2D eigenvalue weighted by atomic mass is 9.87. The van der Waals surface area contributed by atoms with Gasteiger partial charge in [-0.2, -0.15) is 0 Å². The first-order chi connectivity index (χ1) is 19.7. The predicted octanol–water partition coefficient (Wildman–Crippen LogP) is 14.2. The molecular weight excluding hydrogens is 482 g/mol. The molecule has 40 heavy (non-hydrogen) atoms. The second-order valence-electron chi connectivity index (χ2n) is 13.5. The van der Waals surface area contributed by atoms with Crippen molar-refractivity contribution in [3.63, 3.8) is 0 Å². The molecule has 0 amide bonds. The van der Waals surface area contributed by atoms with Crippen LogP contribution in [0.2, 0.25) is 0 Å². The maximum Gasteiger partial charge on any atom is 0.0336 e. The highest BCUT2D eigenvalue weighted by molar-refractivity contribution is 4.99. The summed E-state index contributed by atoms with van der Waals surface area (Å²) in [6.45, 7) is 8.70. The van der Waals surface area contributed by atoms with E-state index in [9.17, 15) is 0 Å². The fraction of sp³-hybridized carbons (Fsp3) is 0.949. The highest BCUT2D eigenvalue weighted by Crippen LogP contribution is 2.23. The molecule has 0 aliphatic heterocycles. The smallest absolute Gasteiger partial charge is 0.0336 e. The largest absolute Gasteiger partial charge is 0.322 e. The zero-order valence-electron chi connectivity index (χ0n) is 28.4. The standard InChI is InChI=1S/C39H79N/c1-4-7-9-11-13-15-17-19-21-23-25-27-29-31-33-35-37-39(40,6-3)38-36-34-32-30-28-26-24-22-20-18-16-14-12-10-8-5-2/h6H,3-5,7-38,40H2,1-2H3. The van der Waals surface area contributed by atoms with E-state index >= 15 is 0 Å². The van der Waals surface area contributed by atoms with Crippen LogP contribution in [0.5, 0.6) is 0 Å². The van der Waals surface area contributed by atoms with Crippen LogP contribution in [-0.4, -0.2) is 5.54 Å². The van der Waals surface area contributed by atoms with Crippen molar-refractivity contribution < 1.29 is 0 Å². The summed E-state index contributed by atoms with van der Waals surface area (Å²) < 4.78 is 0. The molecule has 1 heteroatoms. The van der Waals surface area contributed by atoms with Crippen LogP contribution in [0.1, 0.15) is 232 Å². The van der Waals surface area contributed by atoms with Crippen molar-refractivity contribution >= 4 is 0 Å². The molecule has 0 rings (SSSR count). The Morgan fingerprint density at radius 3 is 0.700 bits per heavy atom. The minimum Gasteiger partial charge on any atom is -0.322 e. The summed E-state index contributed by atoms with van der Waals surface area (Å²) in [5.41, 5.74) is 6.58. The average Bonchev–Trinajstić information content (AvgIpc) is 2.96. The molecular formula is C39H79N. The lowest BCUT2D eigenvalue weighted by Gasteiger charge is -2.26. The van der Waals surface area contributed by atoms with Crippen molar-refractivity contribution in [2.24, 2.45) is 5.73 Å². The Balaban J connectivity index is 3.39. The summed E-state index contributed by atoms with van der Waals surface area (Å²) in [6.07, 6.45) is 50.0.